The Bertz CT molecular complexity index is 577. The van der Waals surface area contributed by atoms with Crippen molar-refractivity contribution in [1.29, 1.82) is 0 Å². The van der Waals surface area contributed by atoms with E-state index in [1.807, 2.05) is 0 Å². The van der Waals surface area contributed by atoms with Crippen LogP contribution in [0.4, 0.5) is 9.18 Å². The van der Waals surface area contributed by atoms with Crippen molar-refractivity contribution in [2.24, 2.45) is 5.92 Å². The third-order valence-corrected chi connectivity index (χ3v) is 3.90. The summed E-state index contributed by atoms with van der Waals surface area (Å²) >= 11 is 5.64. The standard InChI is InChI=1S/C14H16ClFN2O3/c1-14(12(19)20,9-3-4-9)18-13(21)17-7-8-2-5-10(15)6-11(8)16/h2,5-6,9H,3-4,7H2,1H3,(H,19,20)(H2,17,18,21). The Hall–Kier alpha value is -1.82. The lowest BCUT2D eigenvalue weighted by atomic mass is 9.96. The highest BCUT2D eigenvalue weighted by molar-refractivity contribution is 6.30. The van der Waals surface area contributed by atoms with Crippen LogP contribution in [0.1, 0.15) is 25.3 Å². The van der Waals surface area contributed by atoms with Crippen molar-refractivity contribution in [3.63, 3.8) is 0 Å². The molecule has 1 atom stereocenters. The van der Waals surface area contributed by atoms with E-state index < -0.39 is 23.4 Å². The van der Waals surface area contributed by atoms with E-state index in [1.54, 1.807) is 0 Å². The van der Waals surface area contributed by atoms with Gasteiger partial charge in [0.25, 0.3) is 0 Å². The maximum absolute atomic E-state index is 13.6. The molecule has 3 N–H and O–H groups in total. The number of carbonyl (C=O) groups is 2. The molecule has 1 aromatic carbocycles. The molecule has 0 heterocycles. The van der Waals surface area contributed by atoms with Gasteiger partial charge >= 0.3 is 12.0 Å². The summed E-state index contributed by atoms with van der Waals surface area (Å²) in [4.78, 5) is 23.1. The van der Waals surface area contributed by atoms with Crippen molar-refractivity contribution in [2.45, 2.75) is 31.8 Å². The van der Waals surface area contributed by atoms with Crippen molar-refractivity contribution in [3.05, 3.63) is 34.6 Å². The van der Waals surface area contributed by atoms with Gasteiger partial charge in [-0.1, -0.05) is 17.7 Å². The minimum atomic E-state index is -1.29. The highest BCUT2D eigenvalue weighted by atomic mass is 35.5. The number of urea groups is 1. The molecule has 2 amide bonds. The molecule has 1 fully saturated rings. The van der Waals surface area contributed by atoms with Crippen molar-refractivity contribution in [1.82, 2.24) is 10.6 Å². The average molecular weight is 315 g/mol. The van der Waals surface area contributed by atoms with E-state index in [-0.39, 0.29) is 23.0 Å². The van der Waals surface area contributed by atoms with Crippen LogP contribution < -0.4 is 10.6 Å². The highest BCUT2D eigenvalue weighted by Gasteiger charge is 2.48. The predicted molar refractivity (Wildman–Crippen MR) is 75.5 cm³/mol. The largest absolute Gasteiger partial charge is 0.480 e. The number of aliphatic carboxylic acids is 1. The first-order valence-corrected chi connectivity index (χ1v) is 6.94. The number of hydrogen-bond donors (Lipinski definition) is 3. The second kappa shape index (κ2) is 5.89. The summed E-state index contributed by atoms with van der Waals surface area (Å²) in [6.07, 6.45) is 1.55. The fraction of sp³-hybridized carbons (Fsp3) is 0.429. The van der Waals surface area contributed by atoms with Crippen molar-refractivity contribution in [2.75, 3.05) is 0 Å². The van der Waals surface area contributed by atoms with Gasteiger partial charge in [-0.3, -0.25) is 0 Å². The third-order valence-electron chi connectivity index (χ3n) is 3.67. The van der Waals surface area contributed by atoms with Gasteiger partial charge in [-0.15, -0.1) is 0 Å². The molecule has 21 heavy (non-hydrogen) atoms. The van der Waals surface area contributed by atoms with E-state index in [4.69, 9.17) is 11.6 Å². The molecule has 1 aliphatic carbocycles. The maximum atomic E-state index is 13.6. The Morgan fingerprint density at radius 2 is 2.14 bits per heavy atom. The van der Waals surface area contributed by atoms with Crippen LogP contribution in [0.25, 0.3) is 0 Å². The molecule has 5 nitrogen and oxygen atoms in total. The summed E-state index contributed by atoms with van der Waals surface area (Å²) in [6, 6.07) is 3.50. The molecule has 1 unspecified atom stereocenters. The Morgan fingerprint density at radius 1 is 1.48 bits per heavy atom. The fourth-order valence-electron chi connectivity index (χ4n) is 2.11. The molecular formula is C14H16ClFN2O3. The molecule has 0 spiro atoms. The highest BCUT2D eigenvalue weighted by Crippen LogP contribution is 2.39. The maximum Gasteiger partial charge on any atom is 0.329 e. The van der Waals surface area contributed by atoms with Crippen molar-refractivity contribution >= 4 is 23.6 Å². The first-order valence-electron chi connectivity index (χ1n) is 6.56. The van der Waals surface area contributed by atoms with Crippen LogP contribution in [0, 0.1) is 11.7 Å². The van der Waals surface area contributed by atoms with E-state index in [0.29, 0.717) is 0 Å². The Labute approximate surface area is 126 Å². The van der Waals surface area contributed by atoms with Gasteiger partial charge in [0, 0.05) is 17.1 Å². The van der Waals surface area contributed by atoms with Gasteiger partial charge in [0.2, 0.25) is 0 Å². The molecule has 114 valence electrons. The number of benzene rings is 1. The second-order valence-electron chi connectivity index (χ2n) is 5.33. The molecule has 1 saturated carbocycles. The quantitative estimate of drug-likeness (QED) is 0.781. The zero-order chi connectivity index (χ0) is 15.6. The van der Waals surface area contributed by atoms with E-state index in [9.17, 15) is 19.1 Å². The molecular weight excluding hydrogens is 299 g/mol. The van der Waals surface area contributed by atoms with Crippen molar-refractivity contribution in [3.8, 4) is 0 Å². The van der Waals surface area contributed by atoms with E-state index in [0.717, 1.165) is 18.9 Å². The lowest BCUT2D eigenvalue weighted by Crippen LogP contribution is -2.56. The van der Waals surface area contributed by atoms with Crippen LogP contribution in [-0.2, 0) is 11.3 Å². The number of rotatable bonds is 5. The molecule has 1 aromatic rings. The number of carbonyl (C=O) groups excluding carboxylic acids is 1. The Balaban J connectivity index is 1.94. The number of halogens is 2. The van der Waals surface area contributed by atoms with Crippen LogP contribution in [-0.4, -0.2) is 22.6 Å². The zero-order valence-corrected chi connectivity index (χ0v) is 12.2. The van der Waals surface area contributed by atoms with E-state index >= 15 is 0 Å². The first-order chi connectivity index (χ1) is 9.83. The fourth-order valence-corrected chi connectivity index (χ4v) is 2.27. The summed E-state index contributed by atoms with van der Waals surface area (Å²) in [5.74, 6) is -1.66. The van der Waals surface area contributed by atoms with Crippen LogP contribution >= 0.6 is 11.6 Å². The van der Waals surface area contributed by atoms with Gasteiger partial charge < -0.3 is 15.7 Å². The third kappa shape index (κ3) is 3.64. The summed E-state index contributed by atoms with van der Waals surface area (Å²) in [7, 11) is 0. The molecule has 0 aliphatic heterocycles. The topological polar surface area (TPSA) is 78.4 Å². The average Bonchev–Trinajstić information content (AvgIpc) is 3.21. The van der Waals surface area contributed by atoms with Gasteiger partial charge in [0.05, 0.1) is 0 Å². The summed E-state index contributed by atoms with van der Waals surface area (Å²) in [5, 5.41) is 14.4. The Morgan fingerprint density at radius 3 is 2.67 bits per heavy atom. The lowest BCUT2D eigenvalue weighted by molar-refractivity contribution is -0.144. The van der Waals surface area contributed by atoms with Crippen LogP contribution in [0.5, 0.6) is 0 Å². The summed E-state index contributed by atoms with van der Waals surface area (Å²) in [6.45, 7) is 1.44. The van der Waals surface area contributed by atoms with Crippen LogP contribution in [0.3, 0.4) is 0 Å². The zero-order valence-electron chi connectivity index (χ0n) is 11.5. The molecule has 1 aliphatic rings. The van der Waals surface area contributed by atoms with Crippen LogP contribution in [0.15, 0.2) is 18.2 Å². The smallest absolute Gasteiger partial charge is 0.329 e. The number of carboxylic acids is 1. The number of hydrogen-bond acceptors (Lipinski definition) is 2. The Kier molecular flexibility index (Phi) is 4.37. The number of nitrogens with one attached hydrogen (secondary N) is 2. The summed E-state index contributed by atoms with van der Waals surface area (Å²) in [5.41, 5.74) is -1.01. The molecule has 0 saturated heterocycles. The monoisotopic (exact) mass is 314 g/mol. The second-order valence-corrected chi connectivity index (χ2v) is 5.76. The number of carboxylic acid groups (broad SMARTS) is 1. The van der Waals surface area contributed by atoms with Gasteiger partial charge in [-0.05, 0) is 37.8 Å². The minimum Gasteiger partial charge on any atom is -0.480 e. The SMILES string of the molecule is CC(NC(=O)NCc1ccc(Cl)cc1F)(C(=O)O)C1CC1. The normalized spacial score (nSPS) is 16.9. The molecule has 0 bridgehead atoms. The van der Waals surface area contributed by atoms with Gasteiger partial charge in [-0.25, -0.2) is 14.0 Å². The minimum absolute atomic E-state index is 0.0464. The van der Waals surface area contributed by atoms with Crippen molar-refractivity contribution < 1.29 is 19.1 Å². The van der Waals surface area contributed by atoms with Crippen LogP contribution in [0.2, 0.25) is 5.02 Å². The number of amides is 2. The van der Waals surface area contributed by atoms with Gasteiger partial charge in [-0.2, -0.15) is 0 Å². The predicted octanol–water partition coefficient (Wildman–Crippen LogP) is 2.53. The molecule has 0 aromatic heterocycles. The summed E-state index contributed by atoms with van der Waals surface area (Å²) < 4.78 is 13.6. The lowest BCUT2D eigenvalue weighted by Gasteiger charge is -2.26. The first kappa shape index (κ1) is 15.6. The van der Waals surface area contributed by atoms with E-state index in [1.165, 1.54) is 19.1 Å². The van der Waals surface area contributed by atoms with Gasteiger partial charge in [0.1, 0.15) is 11.4 Å². The van der Waals surface area contributed by atoms with Gasteiger partial charge in [0.15, 0.2) is 0 Å². The molecule has 2 rings (SSSR count). The molecule has 7 heteroatoms. The van der Waals surface area contributed by atoms with E-state index in [2.05, 4.69) is 10.6 Å². The molecule has 0 radical (unpaired) electrons.